The van der Waals surface area contributed by atoms with E-state index >= 15 is 0 Å². The maximum atomic E-state index is 13.6. The molecule has 0 aliphatic heterocycles. The van der Waals surface area contributed by atoms with Gasteiger partial charge in [0, 0.05) is 6.07 Å². The Morgan fingerprint density at radius 3 is 2.27 bits per heavy atom. The molecule has 0 amide bonds. The molecule has 3 rings (SSSR count). The summed E-state index contributed by atoms with van der Waals surface area (Å²) in [4.78, 5) is 31.9. The van der Waals surface area contributed by atoms with Crippen LogP contribution in [0.2, 0.25) is 0 Å². The molecular weight excluding hydrogens is 389 g/mol. The van der Waals surface area contributed by atoms with Crippen LogP contribution in [0, 0.1) is 17.1 Å². The van der Waals surface area contributed by atoms with Crippen LogP contribution in [0.15, 0.2) is 54.9 Å². The zero-order valence-corrected chi connectivity index (χ0v) is 16.0. The number of carbonyl (C=O) groups excluding carboxylic acids is 2. The molecule has 0 N–H and O–H groups in total. The first-order chi connectivity index (χ1) is 14.5. The number of nitriles is 1. The predicted molar refractivity (Wildman–Crippen MR) is 104 cm³/mol. The van der Waals surface area contributed by atoms with Crippen molar-refractivity contribution in [3.63, 3.8) is 0 Å². The highest BCUT2D eigenvalue weighted by Gasteiger charge is 2.15. The van der Waals surface area contributed by atoms with E-state index in [-0.39, 0.29) is 22.9 Å². The summed E-state index contributed by atoms with van der Waals surface area (Å²) < 4.78 is 23.8. The summed E-state index contributed by atoms with van der Waals surface area (Å²) >= 11 is 0. The van der Waals surface area contributed by atoms with Gasteiger partial charge in [-0.3, -0.25) is 0 Å². The molecule has 1 heterocycles. The molecule has 0 atom stereocenters. The van der Waals surface area contributed by atoms with E-state index in [0.717, 1.165) is 36.9 Å². The lowest BCUT2D eigenvalue weighted by Crippen LogP contribution is -2.14. The maximum Gasteiger partial charge on any atom is 0.381 e. The number of aromatic nitrogens is 2. The Bertz CT molecular complexity index is 1110. The number of benzene rings is 2. The first-order valence-electron chi connectivity index (χ1n) is 9.05. The molecule has 2 aromatic carbocycles. The van der Waals surface area contributed by atoms with Gasteiger partial charge < -0.3 is 9.47 Å². The van der Waals surface area contributed by atoms with E-state index in [1.54, 1.807) is 18.2 Å². The van der Waals surface area contributed by atoms with E-state index in [0.29, 0.717) is 5.56 Å². The van der Waals surface area contributed by atoms with Crippen LogP contribution in [0.3, 0.4) is 0 Å². The van der Waals surface area contributed by atoms with Crippen molar-refractivity contribution in [2.75, 3.05) is 0 Å². The van der Waals surface area contributed by atoms with Gasteiger partial charge in [0.05, 0.1) is 23.5 Å². The van der Waals surface area contributed by atoms with Gasteiger partial charge in [-0.1, -0.05) is 25.5 Å². The summed E-state index contributed by atoms with van der Waals surface area (Å²) in [6.07, 6.45) is 4.25. The number of nitrogens with zero attached hydrogens (tertiary/aromatic N) is 3. The molecule has 0 fully saturated rings. The number of halogens is 1. The average molecular weight is 405 g/mol. The second kappa shape index (κ2) is 9.39. The van der Waals surface area contributed by atoms with E-state index in [1.165, 1.54) is 12.1 Å². The fraction of sp³-hybridized carbons (Fsp3) is 0.136. The monoisotopic (exact) mass is 405 g/mol. The Kier molecular flexibility index (Phi) is 6.45. The molecule has 1 aromatic heterocycles. The van der Waals surface area contributed by atoms with Crippen molar-refractivity contribution in [3.8, 4) is 17.6 Å². The van der Waals surface area contributed by atoms with Crippen LogP contribution in [0.5, 0.6) is 11.5 Å². The molecule has 0 aliphatic rings. The molecule has 0 aliphatic carbocycles. The van der Waals surface area contributed by atoms with Crippen molar-refractivity contribution in [2.24, 2.45) is 0 Å². The van der Waals surface area contributed by atoms with Crippen LogP contribution < -0.4 is 9.47 Å². The van der Waals surface area contributed by atoms with Crippen LogP contribution in [-0.4, -0.2) is 21.9 Å². The van der Waals surface area contributed by atoms with Gasteiger partial charge in [0.15, 0.2) is 5.75 Å². The minimum atomic E-state index is -0.927. The number of hydrogen-bond acceptors (Lipinski definition) is 7. The summed E-state index contributed by atoms with van der Waals surface area (Å²) in [5, 5.41) is 8.71. The zero-order valence-electron chi connectivity index (χ0n) is 16.0. The Morgan fingerprint density at radius 2 is 1.67 bits per heavy atom. The third-order valence-electron chi connectivity index (χ3n) is 4.02. The average Bonchev–Trinajstić information content (AvgIpc) is 2.75. The molecule has 30 heavy (non-hydrogen) atoms. The van der Waals surface area contributed by atoms with E-state index in [2.05, 4.69) is 16.9 Å². The molecule has 150 valence electrons. The zero-order chi connectivity index (χ0) is 21.5. The van der Waals surface area contributed by atoms with Gasteiger partial charge in [-0.2, -0.15) is 5.26 Å². The number of esters is 2. The molecule has 0 bridgehead atoms. The van der Waals surface area contributed by atoms with Crippen molar-refractivity contribution in [3.05, 3.63) is 83.2 Å². The molecule has 0 saturated carbocycles. The smallest absolute Gasteiger partial charge is 0.381 e. The van der Waals surface area contributed by atoms with Crippen molar-refractivity contribution < 1.29 is 23.5 Å². The molecule has 0 saturated heterocycles. The lowest BCUT2D eigenvalue weighted by Gasteiger charge is -2.06. The van der Waals surface area contributed by atoms with E-state index < -0.39 is 17.8 Å². The summed E-state index contributed by atoms with van der Waals surface area (Å²) in [5.74, 6) is -2.66. The van der Waals surface area contributed by atoms with E-state index in [4.69, 9.17) is 14.7 Å². The van der Waals surface area contributed by atoms with Gasteiger partial charge >= 0.3 is 11.9 Å². The van der Waals surface area contributed by atoms with Crippen LogP contribution in [0.1, 0.15) is 45.4 Å². The van der Waals surface area contributed by atoms with E-state index in [9.17, 15) is 14.0 Å². The Morgan fingerprint density at radius 1 is 1.00 bits per heavy atom. The Labute approximate surface area is 171 Å². The lowest BCUT2D eigenvalue weighted by molar-refractivity contribution is 0.0721. The van der Waals surface area contributed by atoms with Gasteiger partial charge in [-0.25, -0.2) is 23.9 Å². The van der Waals surface area contributed by atoms with Gasteiger partial charge in [-0.05, 0) is 36.2 Å². The fourth-order valence-electron chi connectivity index (χ4n) is 2.54. The number of hydrogen-bond donors (Lipinski definition) is 0. The standard InChI is InChI=1S/C22H16FN3O4/c1-2-3-14-4-6-15(7-5-14)21(27)30-18-12-25-20(26-13-18)22(28)29-17-9-8-16(11-24)19(23)10-17/h4-10,12-13H,2-3H2,1H3. The maximum absolute atomic E-state index is 13.6. The first kappa shape index (κ1) is 20.6. The molecule has 3 aromatic rings. The molecular formula is C22H16FN3O4. The molecule has 0 unspecified atom stereocenters. The minimum Gasteiger partial charge on any atom is -0.421 e. The van der Waals surface area contributed by atoms with Gasteiger partial charge in [0.1, 0.15) is 17.6 Å². The highest BCUT2D eigenvalue weighted by molar-refractivity contribution is 5.91. The highest BCUT2D eigenvalue weighted by Crippen LogP contribution is 2.17. The highest BCUT2D eigenvalue weighted by atomic mass is 19.1. The predicted octanol–water partition coefficient (Wildman–Crippen LogP) is 3.88. The largest absolute Gasteiger partial charge is 0.421 e. The Hall–Kier alpha value is -4.12. The number of carbonyl (C=O) groups is 2. The topological polar surface area (TPSA) is 102 Å². The van der Waals surface area contributed by atoms with Gasteiger partial charge in [0.2, 0.25) is 5.82 Å². The van der Waals surface area contributed by atoms with Crippen molar-refractivity contribution in [1.82, 2.24) is 9.97 Å². The molecule has 7 nitrogen and oxygen atoms in total. The molecule has 0 radical (unpaired) electrons. The molecule has 8 heteroatoms. The lowest BCUT2D eigenvalue weighted by atomic mass is 10.1. The minimum absolute atomic E-state index is 0.0543. The van der Waals surface area contributed by atoms with Crippen LogP contribution in [-0.2, 0) is 6.42 Å². The number of aryl methyl sites for hydroxylation is 1. The second-order valence-corrected chi connectivity index (χ2v) is 6.22. The van der Waals surface area contributed by atoms with Crippen molar-refractivity contribution in [1.29, 1.82) is 5.26 Å². The van der Waals surface area contributed by atoms with Gasteiger partial charge in [-0.15, -0.1) is 0 Å². The summed E-state index contributed by atoms with van der Waals surface area (Å²) in [6, 6.07) is 12.1. The summed E-state index contributed by atoms with van der Waals surface area (Å²) in [5.41, 5.74) is 1.33. The third-order valence-corrected chi connectivity index (χ3v) is 4.02. The summed E-state index contributed by atoms with van der Waals surface area (Å²) in [6.45, 7) is 2.07. The summed E-state index contributed by atoms with van der Waals surface area (Å²) in [7, 11) is 0. The first-order valence-corrected chi connectivity index (χ1v) is 9.05. The SMILES string of the molecule is CCCc1ccc(C(=O)Oc2cnc(C(=O)Oc3ccc(C#N)c(F)c3)nc2)cc1. The molecule has 0 spiro atoms. The van der Waals surface area contributed by atoms with Crippen molar-refractivity contribution >= 4 is 11.9 Å². The third kappa shape index (κ3) is 5.02. The van der Waals surface area contributed by atoms with E-state index in [1.807, 2.05) is 12.1 Å². The van der Waals surface area contributed by atoms with Crippen molar-refractivity contribution in [2.45, 2.75) is 19.8 Å². The second-order valence-electron chi connectivity index (χ2n) is 6.22. The number of rotatable bonds is 6. The van der Waals surface area contributed by atoms with Crippen LogP contribution >= 0.6 is 0 Å². The number of ether oxygens (including phenoxy) is 2. The quantitative estimate of drug-likeness (QED) is 0.453. The normalized spacial score (nSPS) is 10.2. The fourth-order valence-corrected chi connectivity index (χ4v) is 2.54. The van der Waals surface area contributed by atoms with Gasteiger partial charge in [0.25, 0.3) is 0 Å². The van der Waals surface area contributed by atoms with Crippen LogP contribution in [0.4, 0.5) is 4.39 Å². The van der Waals surface area contributed by atoms with Crippen LogP contribution in [0.25, 0.3) is 0 Å². The Balaban J connectivity index is 1.62.